The van der Waals surface area contributed by atoms with Crippen molar-refractivity contribution >= 4 is 31.3 Å². The van der Waals surface area contributed by atoms with Gasteiger partial charge in [-0.1, -0.05) is 23.7 Å². The lowest BCUT2D eigenvalue weighted by Crippen LogP contribution is -2.46. The predicted molar refractivity (Wildman–Crippen MR) is 116 cm³/mol. The third-order valence-corrected chi connectivity index (χ3v) is 9.71. The molecule has 30 heavy (non-hydrogen) atoms. The highest BCUT2D eigenvalue weighted by Gasteiger charge is 2.45. The van der Waals surface area contributed by atoms with Crippen molar-refractivity contribution in [2.75, 3.05) is 32.1 Å². The Hall–Kier alpha value is -1.52. The second-order valence-corrected chi connectivity index (χ2v) is 12.4. The Labute approximate surface area is 181 Å². The number of nitrogens with zero attached hydrogens (tertiary/aromatic N) is 1. The minimum Gasteiger partial charge on any atom is -0.310 e. The third-order valence-electron chi connectivity index (χ3n) is 5.29. The number of rotatable bonds is 7. The molecule has 1 unspecified atom stereocenters. The standard InChI is InChI=1S/C20H24ClFN2O4S2/c1-24(2)19(14-3-5-15(21)6-4-14)11-23-18-12-29(25,26)13-20(18)30(27,28)17-9-7-16(22)8-10-17/h3-10,18-20,23H,11-13H2,1-2H3/t18-,19?,20-/m0/s1. The van der Waals surface area contributed by atoms with Crippen LogP contribution in [-0.4, -0.2) is 65.2 Å². The maximum absolute atomic E-state index is 13.2. The van der Waals surface area contributed by atoms with Crippen molar-refractivity contribution in [3.63, 3.8) is 0 Å². The highest BCUT2D eigenvalue weighted by Crippen LogP contribution is 2.27. The quantitative estimate of drug-likeness (QED) is 0.620. The van der Waals surface area contributed by atoms with Crippen molar-refractivity contribution in [2.45, 2.75) is 22.2 Å². The monoisotopic (exact) mass is 474 g/mol. The zero-order chi connectivity index (χ0) is 22.1. The van der Waals surface area contributed by atoms with Crippen molar-refractivity contribution < 1.29 is 21.2 Å². The third kappa shape index (κ3) is 5.20. The molecule has 3 atom stereocenters. The van der Waals surface area contributed by atoms with Gasteiger partial charge in [0.2, 0.25) is 0 Å². The first-order chi connectivity index (χ1) is 14.0. The van der Waals surface area contributed by atoms with Gasteiger partial charge in [-0.3, -0.25) is 0 Å². The normalized spacial score (nSPS) is 22.3. The van der Waals surface area contributed by atoms with Crippen LogP contribution < -0.4 is 5.32 Å². The van der Waals surface area contributed by atoms with E-state index < -0.39 is 42.5 Å². The minimum absolute atomic E-state index is 0.0836. The molecule has 3 rings (SSSR count). The molecule has 1 aliphatic heterocycles. The van der Waals surface area contributed by atoms with Crippen LogP contribution in [0.4, 0.5) is 4.39 Å². The first kappa shape index (κ1) is 23.1. The summed E-state index contributed by atoms with van der Waals surface area (Å²) in [7, 11) is -3.71. The molecule has 1 aliphatic rings. The molecule has 0 aromatic heterocycles. The molecule has 6 nitrogen and oxygen atoms in total. The summed E-state index contributed by atoms with van der Waals surface area (Å²) in [6.07, 6.45) is 0. The Morgan fingerprint density at radius 3 is 2.27 bits per heavy atom. The van der Waals surface area contributed by atoms with Gasteiger partial charge in [0.25, 0.3) is 0 Å². The van der Waals surface area contributed by atoms with Gasteiger partial charge in [0.15, 0.2) is 19.7 Å². The summed E-state index contributed by atoms with van der Waals surface area (Å²) in [5.74, 6) is -1.28. The van der Waals surface area contributed by atoms with Gasteiger partial charge in [0.05, 0.1) is 21.7 Å². The maximum atomic E-state index is 13.2. The number of hydrogen-bond acceptors (Lipinski definition) is 6. The zero-order valence-corrected chi connectivity index (χ0v) is 19.0. The van der Waals surface area contributed by atoms with E-state index in [0.717, 1.165) is 17.7 Å². The van der Waals surface area contributed by atoms with Gasteiger partial charge in [-0.25, -0.2) is 21.2 Å². The lowest BCUT2D eigenvalue weighted by atomic mass is 10.1. The topological polar surface area (TPSA) is 83.6 Å². The van der Waals surface area contributed by atoms with E-state index in [4.69, 9.17) is 11.6 Å². The molecule has 1 heterocycles. The van der Waals surface area contributed by atoms with E-state index in [-0.39, 0.29) is 16.7 Å². The number of likely N-dealkylation sites (N-methyl/N-ethyl adjacent to an activating group) is 1. The molecular formula is C20H24ClFN2O4S2. The molecule has 0 amide bonds. The molecular weight excluding hydrogens is 451 g/mol. The van der Waals surface area contributed by atoms with Gasteiger partial charge in [-0.2, -0.15) is 0 Å². The van der Waals surface area contributed by atoms with E-state index >= 15 is 0 Å². The number of benzene rings is 2. The summed E-state index contributed by atoms with van der Waals surface area (Å²) in [6.45, 7) is 0.351. The van der Waals surface area contributed by atoms with Crippen LogP contribution in [0.25, 0.3) is 0 Å². The fraction of sp³-hybridized carbons (Fsp3) is 0.400. The maximum Gasteiger partial charge on any atom is 0.183 e. The van der Waals surface area contributed by atoms with E-state index in [0.29, 0.717) is 11.6 Å². The van der Waals surface area contributed by atoms with Crippen LogP contribution in [0.3, 0.4) is 0 Å². The van der Waals surface area contributed by atoms with E-state index in [1.165, 1.54) is 12.1 Å². The summed E-state index contributed by atoms with van der Waals surface area (Å²) < 4.78 is 63.9. The molecule has 2 aromatic carbocycles. The molecule has 1 fully saturated rings. The molecule has 0 spiro atoms. The van der Waals surface area contributed by atoms with Crippen LogP contribution >= 0.6 is 11.6 Å². The highest BCUT2D eigenvalue weighted by atomic mass is 35.5. The summed E-state index contributed by atoms with van der Waals surface area (Å²) in [6, 6.07) is 10.9. The van der Waals surface area contributed by atoms with Crippen LogP contribution in [-0.2, 0) is 19.7 Å². The Balaban J connectivity index is 1.83. The van der Waals surface area contributed by atoms with Gasteiger partial charge in [-0.05, 0) is 56.1 Å². The highest BCUT2D eigenvalue weighted by molar-refractivity contribution is 7.96. The summed E-state index contributed by atoms with van der Waals surface area (Å²) in [5.41, 5.74) is 0.968. The zero-order valence-electron chi connectivity index (χ0n) is 16.6. The van der Waals surface area contributed by atoms with Gasteiger partial charge >= 0.3 is 0 Å². The van der Waals surface area contributed by atoms with Gasteiger partial charge < -0.3 is 10.2 Å². The van der Waals surface area contributed by atoms with E-state index in [2.05, 4.69) is 5.32 Å². The fourth-order valence-corrected chi connectivity index (χ4v) is 8.50. The van der Waals surface area contributed by atoms with Crippen LogP contribution in [0.2, 0.25) is 5.02 Å². The predicted octanol–water partition coefficient (Wildman–Crippen LogP) is 2.31. The number of halogens is 2. The van der Waals surface area contributed by atoms with Crippen molar-refractivity contribution in [3.8, 4) is 0 Å². The minimum atomic E-state index is -3.95. The summed E-state index contributed by atoms with van der Waals surface area (Å²) >= 11 is 5.96. The number of hydrogen-bond donors (Lipinski definition) is 1. The van der Waals surface area contributed by atoms with Crippen LogP contribution in [0.15, 0.2) is 53.4 Å². The Morgan fingerprint density at radius 1 is 1.10 bits per heavy atom. The lowest BCUT2D eigenvalue weighted by molar-refractivity contribution is 0.282. The van der Waals surface area contributed by atoms with Crippen molar-refractivity contribution in [2.24, 2.45) is 0 Å². The van der Waals surface area contributed by atoms with E-state index in [1.807, 2.05) is 31.1 Å². The largest absolute Gasteiger partial charge is 0.310 e. The lowest BCUT2D eigenvalue weighted by Gasteiger charge is -2.28. The average molecular weight is 475 g/mol. The Kier molecular flexibility index (Phi) is 6.88. The van der Waals surface area contributed by atoms with Gasteiger partial charge in [0, 0.05) is 23.7 Å². The van der Waals surface area contributed by atoms with Gasteiger partial charge in [-0.15, -0.1) is 0 Å². The Bertz CT molecular complexity index is 1090. The Morgan fingerprint density at radius 2 is 1.70 bits per heavy atom. The molecule has 0 saturated carbocycles. The van der Waals surface area contributed by atoms with Crippen LogP contribution in [0.1, 0.15) is 11.6 Å². The van der Waals surface area contributed by atoms with Gasteiger partial charge in [0.1, 0.15) is 5.82 Å². The second-order valence-electron chi connectivity index (χ2n) is 7.66. The molecule has 1 N–H and O–H groups in total. The second kappa shape index (κ2) is 8.92. The van der Waals surface area contributed by atoms with Crippen molar-refractivity contribution in [3.05, 3.63) is 64.9 Å². The molecule has 164 valence electrons. The van der Waals surface area contributed by atoms with E-state index in [9.17, 15) is 21.2 Å². The first-order valence-corrected chi connectivity index (χ1v) is 13.1. The fourth-order valence-electron chi connectivity index (χ4n) is 3.66. The smallest absolute Gasteiger partial charge is 0.183 e. The molecule has 0 aliphatic carbocycles. The SMILES string of the molecule is CN(C)C(CN[C@H]1CS(=O)(=O)C[C@@H]1S(=O)(=O)c1ccc(F)cc1)c1ccc(Cl)cc1. The first-order valence-electron chi connectivity index (χ1n) is 9.35. The number of sulfone groups is 2. The summed E-state index contributed by atoms with van der Waals surface area (Å²) in [4.78, 5) is 1.88. The van der Waals surface area contributed by atoms with Crippen LogP contribution in [0, 0.1) is 5.82 Å². The average Bonchev–Trinajstić information content (AvgIpc) is 2.99. The molecule has 1 saturated heterocycles. The molecule has 0 bridgehead atoms. The van der Waals surface area contributed by atoms with Crippen molar-refractivity contribution in [1.29, 1.82) is 0 Å². The molecule has 10 heteroatoms. The molecule has 0 radical (unpaired) electrons. The summed E-state index contributed by atoms with van der Waals surface area (Å²) in [5, 5.41) is 2.63. The van der Waals surface area contributed by atoms with Crippen LogP contribution in [0.5, 0.6) is 0 Å². The molecule has 2 aromatic rings. The number of nitrogens with one attached hydrogen (secondary N) is 1. The van der Waals surface area contributed by atoms with Crippen molar-refractivity contribution in [1.82, 2.24) is 10.2 Å². The van der Waals surface area contributed by atoms with E-state index in [1.54, 1.807) is 12.1 Å².